The average Bonchev–Trinajstić information content (AvgIpc) is 2.78. The predicted octanol–water partition coefficient (Wildman–Crippen LogP) is 0.950. The quantitative estimate of drug-likeness (QED) is 0.823. The lowest BCUT2D eigenvalue weighted by Crippen LogP contribution is -2.23. The molecule has 1 aromatic rings. The number of aliphatic carboxylic acids is 1. The zero-order valence-electron chi connectivity index (χ0n) is 9.26. The number of aryl methyl sites for hydroxylation is 1. The number of hydrogen-bond donors (Lipinski definition) is 1. The number of carboxylic acid groups (broad SMARTS) is 1. The minimum Gasteiger partial charge on any atom is -0.481 e. The highest BCUT2D eigenvalue weighted by atomic mass is 16.4. The van der Waals surface area contributed by atoms with Crippen LogP contribution >= 0.6 is 0 Å². The lowest BCUT2D eigenvalue weighted by Gasteiger charge is -2.16. The molecule has 0 amide bonds. The van der Waals surface area contributed by atoms with Gasteiger partial charge in [-0.15, -0.1) is 0 Å². The second-order valence-electron chi connectivity index (χ2n) is 3.99. The molecule has 0 spiro atoms. The molecule has 0 aromatic carbocycles. The van der Waals surface area contributed by atoms with Crippen LogP contribution in [-0.2, 0) is 11.2 Å². The van der Waals surface area contributed by atoms with Gasteiger partial charge in [-0.1, -0.05) is 6.92 Å². The molecule has 0 radical (unpaired) electrons. The Labute approximate surface area is 94.1 Å². The maximum Gasteiger partial charge on any atom is 0.308 e. The summed E-state index contributed by atoms with van der Waals surface area (Å²) in [6.45, 7) is 3.35. The Morgan fingerprint density at radius 1 is 1.62 bits per heavy atom. The number of carboxylic acids is 1. The van der Waals surface area contributed by atoms with E-state index in [1.165, 1.54) is 0 Å². The van der Waals surface area contributed by atoms with Crippen molar-refractivity contribution < 1.29 is 9.90 Å². The monoisotopic (exact) mass is 221 g/mol. The highest BCUT2D eigenvalue weighted by molar-refractivity contribution is 5.71. The average molecular weight is 221 g/mol. The van der Waals surface area contributed by atoms with Crippen LogP contribution in [0.1, 0.15) is 19.0 Å². The van der Waals surface area contributed by atoms with E-state index in [2.05, 4.69) is 9.97 Å². The number of aromatic nitrogens is 2. The van der Waals surface area contributed by atoms with Gasteiger partial charge in [0.15, 0.2) is 0 Å². The van der Waals surface area contributed by atoms with Gasteiger partial charge in [0, 0.05) is 24.8 Å². The molecule has 0 bridgehead atoms. The molecule has 5 nitrogen and oxygen atoms in total. The third-order valence-corrected chi connectivity index (χ3v) is 2.93. The molecule has 16 heavy (non-hydrogen) atoms. The van der Waals surface area contributed by atoms with Crippen molar-refractivity contribution in [3.05, 3.63) is 18.1 Å². The fraction of sp³-hybridized carbons (Fsp3) is 0.545. The number of rotatable bonds is 3. The molecule has 1 aromatic heterocycles. The van der Waals surface area contributed by atoms with Crippen LogP contribution in [-0.4, -0.2) is 34.1 Å². The summed E-state index contributed by atoms with van der Waals surface area (Å²) in [5, 5.41) is 8.92. The van der Waals surface area contributed by atoms with Crippen molar-refractivity contribution in [3.63, 3.8) is 0 Å². The fourth-order valence-corrected chi connectivity index (χ4v) is 1.92. The maximum atomic E-state index is 10.8. The summed E-state index contributed by atoms with van der Waals surface area (Å²) < 4.78 is 0. The molecule has 1 N–H and O–H groups in total. The van der Waals surface area contributed by atoms with Gasteiger partial charge >= 0.3 is 5.97 Å². The van der Waals surface area contributed by atoms with Gasteiger partial charge in [0.1, 0.15) is 12.1 Å². The van der Waals surface area contributed by atoms with Crippen molar-refractivity contribution in [2.75, 3.05) is 18.0 Å². The van der Waals surface area contributed by atoms with Crippen molar-refractivity contribution in [2.45, 2.75) is 19.8 Å². The van der Waals surface area contributed by atoms with Crippen molar-refractivity contribution in [1.29, 1.82) is 0 Å². The largest absolute Gasteiger partial charge is 0.481 e. The minimum absolute atomic E-state index is 0.264. The number of anilines is 1. The van der Waals surface area contributed by atoms with Gasteiger partial charge in [0.25, 0.3) is 0 Å². The van der Waals surface area contributed by atoms with Crippen LogP contribution in [0.15, 0.2) is 12.4 Å². The second kappa shape index (κ2) is 4.47. The fourth-order valence-electron chi connectivity index (χ4n) is 1.92. The first-order valence-electron chi connectivity index (χ1n) is 5.49. The van der Waals surface area contributed by atoms with Gasteiger partial charge in [-0.05, 0) is 12.8 Å². The van der Waals surface area contributed by atoms with Crippen LogP contribution in [0.2, 0.25) is 0 Å². The third kappa shape index (κ3) is 2.13. The van der Waals surface area contributed by atoms with Gasteiger partial charge in [0.05, 0.1) is 5.92 Å². The Morgan fingerprint density at radius 3 is 3.06 bits per heavy atom. The molecule has 5 heteroatoms. The summed E-state index contributed by atoms with van der Waals surface area (Å²) in [5.41, 5.74) is 0.990. The number of hydrogen-bond acceptors (Lipinski definition) is 4. The van der Waals surface area contributed by atoms with Crippen molar-refractivity contribution in [2.24, 2.45) is 5.92 Å². The van der Waals surface area contributed by atoms with E-state index >= 15 is 0 Å². The molecule has 1 unspecified atom stereocenters. The molecule has 0 saturated carbocycles. The lowest BCUT2D eigenvalue weighted by atomic mass is 10.1. The van der Waals surface area contributed by atoms with Crippen molar-refractivity contribution in [1.82, 2.24) is 9.97 Å². The molecule has 1 aliphatic rings. The Hall–Kier alpha value is -1.65. The molecule has 86 valence electrons. The van der Waals surface area contributed by atoms with Gasteiger partial charge in [-0.2, -0.15) is 0 Å². The standard InChI is InChI=1S/C11H15N3O2/c1-2-9-5-10(13-7-12-9)14-4-3-8(6-14)11(15)16/h5,7-8H,2-4,6H2,1H3,(H,15,16). The van der Waals surface area contributed by atoms with E-state index in [1.807, 2.05) is 17.9 Å². The molecule has 1 atom stereocenters. The normalized spacial score (nSPS) is 20.1. The van der Waals surface area contributed by atoms with Gasteiger partial charge < -0.3 is 10.0 Å². The Morgan fingerprint density at radius 2 is 2.44 bits per heavy atom. The zero-order valence-corrected chi connectivity index (χ0v) is 9.26. The topological polar surface area (TPSA) is 66.3 Å². The van der Waals surface area contributed by atoms with Crippen molar-refractivity contribution >= 4 is 11.8 Å². The Kier molecular flexibility index (Phi) is 3.03. The Balaban J connectivity index is 2.11. The number of carbonyl (C=O) groups is 1. The predicted molar refractivity (Wildman–Crippen MR) is 59.4 cm³/mol. The molecule has 1 aliphatic heterocycles. The van der Waals surface area contributed by atoms with E-state index in [-0.39, 0.29) is 5.92 Å². The first-order valence-corrected chi connectivity index (χ1v) is 5.49. The molecule has 2 rings (SSSR count). The van der Waals surface area contributed by atoms with Gasteiger partial charge in [-0.25, -0.2) is 9.97 Å². The molecular weight excluding hydrogens is 206 g/mol. The highest BCUT2D eigenvalue weighted by Gasteiger charge is 2.28. The van der Waals surface area contributed by atoms with E-state index in [1.54, 1.807) is 6.33 Å². The summed E-state index contributed by atoms with van der Waals surface area (Å²) in [6, 6.07) is 1.93. The summed E-state index contributed by atoms with van der Waals surface area (Å²) in [6.07, 6.45) is 3.11. The lowest BCUT2D eigenvalue weighted by molar-refractivity contribution is -0.140. The van der Waals surface area contributed by atoms with Gasteiger partial charge in [-0.3, -0.25) is 4.79 Å². The van der Waals surface area contributed by atoms with Gasteiger partial charge in [0.2, 0.25) is 0 Å². The molecule has 2 heterocycles. The minimum atomic E-state index is -0.715. The van der Waals surface area contributed by atoms with Crippen LogP contribution < -0.4 is 4.90 Å². The van der Waals surface area contributed by atoms with Crippen LogP contribution in [0.5, 0.6) is 0 Å². The number of nitrogens with zero attached hydrogens (tertiary/aromatic N) is 3. The van der Waals surface area contributed by atoms with Crippen LogP contribution in [0.4, 0.5) is 5.82 Å². The van der Waals surface area contributed by atoms with Crippen molar-refractivity contribution in [3.8, 4) is 0 Å². The Bertz CT molecular complexity index is 395. The first kappa shape index (κ1) is 10.9. The third-order valence-electron chi connectivity index (χ3n) is 2.93. The second-order valence-corrected chi connectivity index (χ2v) is 3.99. The van der Waals surface area contributed by atoms with Crippen LogP contribution in [0.3, 0.4) is 0 Å². The summed E-state index contributed by atoms with van der Waals surface area (Å²) in [4.78, 5) is 21.2. The molecular formula is C11H15N3O2. The van der Waals surface area contributed by atoms with E-state index in [9.17, 15) is 4.79 Å². The van der Waals surface area contributed by atoms with E-state index < -0.39 is 5.97 Å². The summed E-state index contributed by atoms with van der Waals surface area (Å²) in [7, 11) is 0. The van der Waals surface area contributed by atoms with Crippen LogP contribution in [0, 0.1) is 5.92 Å². The molecule has 1 fully saturated rings. The summed E-state index contributed by atoms with van der Waals surface area (Å²) in [5.74, 6) is -0.136. The maximum absolute atomic E-state index is 10.8. The summed E-state index contributed by atoms with van der Waals surface area (Å²) >= 11 is 0. The highest BCUT2D eigenvalue weighted by Crippen LogP contribution is 2.22. The molecule has 0 aliphatic carbocycles. The SMILES string of the molecule is CCc1cc(N2CCC(C(=O)O)C2)ncn1. The van der Waals surface area contributed by atoms with Crippen LogP contribution in [0.25, 0.3) is 0 Å². The van der Waals surface area contributed by atoms with E-state index in [0.29, 0.717) is 13.0 Å². The smallest absolute Gasteiger partial charge is 0.308 e. The van der Waals surface area contributed by atoms with E-state index in [4.69, 9.17) is 5.11 Å². The zero-order chi connectivity index (χ0) is 11.5. The van der Waals surface area contributed by atoms with E-state index in [0.717, 1.165) is 24.5 Å². The first-order chi connectivity index (χ1) is 7.70. The molecule has 1 saturated heterocycles.